The Morgan fingerprint density at radius 3 is 2.90 bits per heavy atom. The molecule has 0 fully saturated rings. The van der Waals surface area contributed by atoms with Crippen molar-refractivity contribution >= 4 is 16.3 Å². The predicted molar refractivity (Wildman–Crippen MR) is 81.5 cm³/mol. The van der Waals surface area contributed by atoms with Crippen molar-refractivity contribution in [2.24, 2.45) is 0 Å². The van der Waals surface area contributed by atoms with Gasteiger partial charge < -0.3 is 4.74 Å². The first-order valence-electron chi connectivity index (χ1n) is 6.80. The molecule has 0 bridgehead atoms. The van der Waals surface area contributed by atoms with Gasteiger partial charge in [0, 0.05) is 12.0 Å². The summed E-state index contributed by atoms with van der Waals surface area (Å²) in [5.41, 5.74) is 1.91. The predicted octanol–water partition coefficient (Wildman–Crippen LogP) is 3.81. The summed E-state index contributed by atoms with van der Waals surface area (Å²) in [5.74, 6) is 0.837. The zero-order valence-electron chi connectivity index (χ0n) is 11.7. The van der Waals surface area contributed by atoms with Gasteiger partial charge in [-0.1, -0.05) is 36.8 Å². The summed E-state index contributed by atoms with van der Waals surface area (Å²) in [5, 5.41) is 5.74. The molecular weight excluding hydrogens is 270 g/mol. The molecule has 104 valence electrons. The van der Waals surface area contributed by atoms with Crippen LogP contribution in [-0.4, -0.2) is 21.7 Å². The number of hydrogen-bond acceptors (Lipinski definition) is 4. The Balaban J connectivity index is 1.95. The van der Waals surface area contributed by atoms with Crippen molar-refractivity contribution in [3.05, 3.63) is 35.5 Å². The lowest BCUT2D eigenvalue weighted by atomic mass is 10.1. The molecule has 4 nitrogen and oxygen atoms in total. The number of aryl methyl sites for hydroxylation is 1. The molecule has 0 amide bonds. The summed E-state index contributed by atoms with van der Waals surface area (Å²) in [6, 6.07) is 7.92. The van der Waals surface area contributed by atoms with E-state index in [1.807, 2.05) is 35.0 Å². The molecule has 0 unspecified atom stereocenters. The average Bonchev–Trinajstić information content (AvgIpc) is 3.03. The molecule has 0 saturated heterocycles. The van der Waals surface area contributed by atoms with Crippen molar-refractivity contribution in [2.45, 2.75) is 26.2 Å². The van der Waals surface area contributed by atoms with Crippen LogP contribution >= 0.6 is 11.3 Å². The third kappa shape index (κ3) is 2.41. The minimum Gasteiger partial charge on any atom is -0.496 e. The first-order valence-corrected chi connectivity index (χ1v) is 7.62. The van der Waals surface area contributed by atoms with Gasteiger partial charge in [-0.3, -0.25) is 0 Å². The molecule has 0 N–H and O–H groups in total. The lowest BCUT2D eigenvalue weighted by Crippen LogP contribution is -1.88. The van der Waals surface area contributed by atoms with Gasteiger partial charge in [0.25, 0.3) is 0 Å². The molecule has 0 atom stereocenters. The Hall–Kier alpha value is -1.88. The molecule has 3 rings (SSSR count). The fourth-order valence-corrected chi connectivity index (χ4v) is 3.07. The summed E-state index contributed by atoms with van der Waals surface area (Å²) < 4.78 is 7.26. The van der Waals surface area contributed by atoms with E-state index in [1.165, 1.54) is 12.8 Å². The molecule has 0 spiro atoms. The van der Waals surface area contributed by atoms with Gasteiger partial charge in [-0.15, -0.1) is 0 Å². The maximum atomic E-state index is 5.38. The fourth-order valence-electron chi connectivity index (χ4n) is 2.16. The molecule has 0 saturated carbocycles. The number of imidazole rings is 1. The van der Waals surface area contributed by atoms with E-state index < -0.39 is 0 Å². The number of unbranched alkanes of at least 4 members (excludes halogenated alkanes) is 1. The summed E-state index contributed by atoms with van der Waals surface area (Å²) in [6.45, 7) is 2.19. The standard InChI is InChI=1S/C15H17N3OS/c1-3-4-9-14-17-18-10-12(16-15(18)20-14)11-7-5-6-8-13(11)19-2/h5-8,10H,3-4,9H2,1-2H3. The maximum absolute atomic E-state index is 5.38. The molecule has 20 heavy (non-hydrogen) atoms. The van der Waals surface area contributed by atoms with Crippen molar-refractivity contribution in [1.29, 1.82) is 0 Å². The minimum absolute atomic E-state index is 0.837. The number of benzene rings is 1. The number of methoxy groups -OCH3 is 1. The highest BCUT2D eigenvalue weighted by Gasteiger charge is 2.12. The third-order valence-electron chi connectivity index (χ3n) is 3.21. The lowest BCUT2D eigenvalue weighted by molar-refractivity contribution is 0.416. The van der Waals surface area contributed by atoms with Crippen molar-refractivity contribution in [3.63, 3.8) is 0 Å². The van der Waals surface area contributed by atoms with Gasteiger partial charge in [0.05, 0.1) is 19.0 Å². The Labute approximate surface area is 122 Å². The van der Waals surface area contributed by atoms with E-state index in [4.69, 9.17) is 4.74 Å². The highest BCUT2D eigenvalue weighted by molar-refractivity contribution is 7.16. The summed E-state index contributed by atoms with van der Waals surface area (Å²) in [7, 11) is 1.68. The molecule has 5 heteroatoms. The van der Waals surface area contributed by atoms with Crippen LogP contribution in [-0.2, 0) is 6.42 Å². The molecule has 0 aliphatic rings. The first kappa shape index (κ1) is 13.1. The van der Waals surface area contributed by atoms with Crippen molar-refractivity contribution in [3.8, 4) is 17.0 Å². The summed E-state index contributed by atoms with van der Waals surface area (Å²) in [4.78, 5) is 5.60. The zero-order valence-corrected chi connectivity index (χ0v) is 12.5. The maximum Gasteiger partial charge on any atom is 0.212 e. The monoisotopic (exact) mass is 287 g/mol. The summed E-state index contributed by atoms with van der Waals surface area (Å²) >= 11 is 1.67. The third-order valence-corrected chi connectivity index (χ3v) is 4.19. The van der Waals surface area contributed by atoms with Gasteiger partial charge in [-0.25, -0.2) is 9.50 Å². The van der Waals surface area contributed by atoms with Gasteiger partial charge in [-0.05, 0) is 18.6 Å². The lowest BCUT2D eigenvalue weighted by Gasteiger charge is -2.04. The van der Waals surface area contributed by atoms with E-state index in [2.05, 4.69) is 17.0 Å². The molecular formula is C15H17N3OS. The molecule has 0 radical (unpaired) electrons. The molecule has 1 aromatic carbocycles. The Morgan fingerprint density at radius 1 is 1.30 bits per heavy atom. The van der Waals surface area contributed by atoms with Gasteiger partial charge in [0.1, 0.15) is 10.8 Å². The Morgan fingerprint density at radius 2 is 2.15 bits per heavy atom. The van der Waals surface area contributed by atoms with Crippen LogP contribution in [0.1, 0.15) is 24.8 Å². The number of rotatable bonds is 5. The summed E-state index contributed by atoms with van der Waals surface area (Å²) in [6.07, 6.45) is 5.37. The quantitative estimate of drug-likeness (QED) is 0.716. The smallest absolute Gasteiger partial charge is 0.212 e. The molecule has 0 aliphatic carbocycles. The van der Waals surface area contributed by atoms with Crippen molar-refractivity contribution in [2.75, 3.05) is 7.11 Å². The van der Waals surface area contributed by atoms with E-state index in [0.717, 1.165) is 33.4 Å². The second-order valence-electron chi connectivity index (χ2n) is 4.65. The molecule has 2 aromatic heterocycles. The van der Waals surface area contributed by atoms with Gasteiger partial charge in [0.2, 0.25) is 4.96 Å². The van der Waals surface area contributed by atoms with Crippen LogP contribution in [0.3, 0.4) is 0 Å². The van der Waals surface area contributed by atoms with Crippen LogP contribution < -0.4 is 4.74 Å². The fraction of sp³-hybridized carbons (Fsp3) is 0.333. The molecule has 3 aromatic rings. The van der Waals surface area contributed by atoms with E-state index in [9.17, 15) is 0 Å². The number of hydrogen-bond donors (Lipinski definition) is 0. The van der Waals surface area contributed by atoms with Gasteiger partial charge in [0.15, 0.2) is 0 Å². The second-order valence-corrected chi connectivity index (χ2v) is 5.69. The van der Waals surface area contributed by atoms with Crippen LogP contribution in [0.2, 0.25) is 0 Å². The highest BCUT2D eigenvalue weighted by atomic mass is 32.1. The number of nitrogens with zero attached hydrogens (tertiary/aromatic N) is 3. The van der Waals surface area contributed by atoms with E-state index in [-0.39, 0.29) is 0 Å². The van der Waals surface area contributed by atoms with E-state index in [1.54, 1.807) is 18.4 Å². The number of ether oxygens (including phenoxy) is 1. The minimum atomic E-state index is 0.837. The van der Waals surface area contributed by atoms with Crippen LogP contribution in [0, 0.1) is 0 Å². The topological polar surface area (TPSA) is 39.4 Å². The molecule has 0 aliphatic heterocycles. The van der Waals surface area contributed by atoms with Crippen LogP contribution in [0.25, 0.3) is 16.2 Å². The highest BCUT2D eigenvalue weighted by Crippen LogP contribution is 2.30. The Kier molecular flexibility index (Phi) is 3.69. The number of para-hydroxylation sites is 1. The second kappa shape index (κ2) is 5.63. The average molecular weight is 287 g/mol. The van der Waals surface area contributed by atoms with Crippen LogP contribution in [0.5, 0.6) is 5.75 Å². The first-order chi connectivity index (χ1) is 9.81. The van der Waals surface area contributed by atoms with E-state index >= 15 is 0 Å². The number of fused-ring (bicyclic) bond motifs is 1. The van der Waals surface area contributed by atoms with Crippen molar-refractivity contribution < 1.29 is 4.74 Å². The van der Waals surface area contributed by atoms with Crippen LogP contribution in [0.4, 0.5) is 0 Å². The van der Waals surface area contributed by atoms with Gasteiger partial charge in [-0.2, -0.15) is 5.10 Å². The molecule has 2 heterocycles. The van der Waals surface area contributed by atoms with Crippen LogP contribution in [0.15, 0.2) is 30.5 Å². The van der Waals surface area contributed by atoms with E-state index in [0.29, 0.717) is 0 Å². The normalized spacial score (nSPS) is 11.1. The SMILES string of the molecule is CCCCc1nn2cc(-c3ccccc3OC)nc2s1. The van der Waals surface area contributed by atoms with Gasteiger partial charge >= 0.3 is 0 Å². The zero-order chi connectivity index (χ0) is 13.9. The largest absolute Gasteiger partial charge is 0.496 e. The number of aromatic nitrogens is 3. The Bertz CT molecular complexity index is 685. The van der Waals surface area contributed by atoms with Crippen molar-refractivity contribution in [1.82, 2.24) is 14.6 Å².